The Labute approximate surface area is 105 Å². The zero-order chi connectivity index (χ0) is 12.1. The van der Waals surface area contributed by atoms with Gasteiger partial charge in [0.05, 0.1) is 23.7 Å². The van der Waals surface area contributed by atoms with Crippen LogP contribution in [0.1, 0.15) is 6.42 Å². The van der Waals surface area contributed by atoms with Gasteiger partial charge in [-0.3, -0.25) is 0 Å². The molecule has 0 spiro atoms. The highest BCUT2D eigenvalue weighted by molar-refractivity contribution is 6.30. The average molecular weight is 252 g/mol. The summed E-state index contributed by atoms with van der Waals surface area (Å²) in [6.45, 7) is 1.83. The predicted molar refractivity (Wildman–Crippen MR) is 67.2 cm³/mol. The minimum atomic E-state index is 0.556. The van der Waals surface area contributed by atoms with Crippen LogP contribution in [0.15, 0.2) is 31.1 Å². The second-order valence-corrected chi connectivity index (χ2v) is 4.21. The van der Waals surface area contributed by atoms with Crippen molar-refractivity contribution < 1.29 is 0 Å². The van der Waals surface area contributed by atoms with Gasteiger partial charge in [0, 0.05) is 32.5 Å². The summed E-state index contributed by atoms with van der Waals surface area (Å²) in [7, 11) is 1.97. The van der Waals surface area contributed by atoms with Crippen molar-refractivity contribution in [2.24, 2.45) is 0 Å². The molecule has 0 aliphatic heterocycles. The molecule has 0 radical (unpaired) electrons. The molecule has 0 aliphatic carbocycles. The molecule has 0 fully saturated rings. The maximum atomic E-state index is 5.73. The zero-order valence-corrected chi connectivity index (χ0v) is 10.4. The molecule has 0 aromatic carbocycles. The van der Waals surface area contributed by atoms with Gasteiger partial charge in [-0.1, -0.05) is 11.6 Å². The second-order valence-electron chi connectivity index (χ2n) is 3.78. The number of aryl methyl sites for hydroxylation is 1. The molecule has 2 heterocycles. The monoisotopic (exact) mass is 251 g/mol. The van der Waals surface area contributed by atoms with Crippen molar-refractivity contribution in [3.05, 3.63) is 36.1 Å². The van der Waals surface area contributed by atoms with Crippen LogP contribution in [0.4, 0.5) is 5.95 Å². The van der Waals surface area contributed by atoms with Gasteiger partial charge in [-0.05, 0) is 6.42 Å². The standard InChI is InChI=1S/C11H14ClN5/c1-16(11-14-7-10(12)8-15-11)4-2-5-17-6-3-13-9-17/h3,6-9H,2,4-5H2,1H3. The first kappa shape index (κ1) is 11.9. The Kier molecular flexibility index (Phi) is 3.93. The highest BCUT2D eigenvalue weighted by atomic mass is 35.5. The van der Waals surface area contributed by atoms with Gasteiger partial charge in [0.25, 0.3) is 0 Å². The number of halogens is 1. The lowest BCUT2D eigenvalue weighted by Gasteiger charge is -2.16. The maximum Gasteiger partial charge on any atom is 0.225 e. The van der Waals surface area contributed by atoms with E-state index in [1.54, 1.807) is 18.6 Å². The summed E-state index contributed by atoms with van der Waals surface area (Å²) in [4.78, 5) is 14.3. The fourth-order valence-corrected chi connectivity index (χ4v) is 1.61. The predicted octanol–water partition coefficient (Wildman–Crippen LogP) is 1.85. The minimum absolute atomic E-state index is 0.556. The summed E-state index contributed by atoms with van der Waals surface area (Å²) in [5, 5.41) is 0.556. The summed E-state index contributed by atoms with van der Waals surface area (Å²) < 4.78 is 2.05. The topological polar surface area (TPSA) is 46.8 Å². The quantitative estimate of drug-likeness (QED) is 0.814. The molecule has 0 saturated heterocycles. The van der Waals surface area contributed by atoms with E-state index < -0.39 is 0 Å². The van der Waals surface area contributed by atoms with Crippen molar-refractivity contribution in [3.8, 4) is 0 Å². The maximum absolute atomic E-state index is 5.73. The summed E-state index contributed by atoms with van der Waals surface area (Å²) in [5.74, 6) is 0.694. The highest BCUT2D eigenvalue weighted by Gasteiger charge is 2.03. The van der Waals surface area contributed by atoms with Gasteiger partial charge in [0.2, 0.25) is 5.95 Å². The average Bonchev–Trinajstić information content (AvgIpc) is 2.83. The molecule has 0 amide bonds. The largest absolute Gasteiger partial charge is 0.344 e. The third kappa shape index (κ3) is 3.42. The fourth-order valence-electron chi connectivity index (χ4n) is 1.51. The van der Waals surface area contributed by atoms with Crippen molar-refractivity contribution in [3.63, 3.8) is 0 Å². The number of nitrogens with zero attached hydrogens (tertiary/aromatic N) is 5. The van der Waals surface area contributed by atoms with Crippen LogP contribution < -0.4 is 4.90 Å². The number of anilines is 1. The van der Waals surface area contributed by atoms with Crippen LogP contribution in [0.25, 0.3) is 0 Å². The molecule has 17 heavy (non-hydrogen) atoms. The van der Waals surface area contributed by atoms with Crippen molar-refractivity contribution >= 4 is 17.5 Å². The summed E-state index contributed by atoms with van der Waals surface area (Å²) in [5.41, 5.74) is 0. The van der Waals surface area contributed by atoms with Gasteiger partial charge in [-0.2, -0.15) is 0 Å². The van der Waals surface area contributed by atoms with Crippen molar-refractivity contribution in [1.29, 1.82) is 0 Å². The van der Waals surface area contributed by atoms with Crippen LogP contribution in [0.2, 0.25) is 5.02 Å². The molecule has 2 aromatic heterocycles. The molecule has 0 unspecified atom stereocenters. The third-order valence-electron chi connectivity index (χ3n) is 2.42. The zero-order valence-electron chi connectivity index (χ0n) is 9.62. The minimum Gasteiger partial charge on any atom is -0.344 e. The molecule has 6 heteroatoms. The van der Waals surface area contributed by atoms with Gasteiger partial charge in [-0.15, -0.1) is 0 Å². The van der Waals surface area contributed by atoms with Gasteiger partial charge in [0.1, 0.15) is 0 Å². The van der Waals surface area contributed by atoms with Crippen LogP contribution in [0.5, 0.6) is 0 Å². The Bertz CT molecular complexity index is 439. The number of aromatic nitrogens is 4. The molecule has 0 aliphatic rings. The van der Waals surface area contributed by atoms with Crippen molar-refractivity contribution in [1.82, 2.24) is 19.5 Å². The second kappa shape index (κ2) is 5.63. The van der Waals surface area contributed by atoms with Crippen LogP contribution in [0, 0.1) is 0 Å². The van der Waals surface area contributed by atoms with Crippen molar-refractivity contribution in [2.75, 3.05) is 18.5 Å². The Hall–Kier alpha value is -1.62. The molecular weight excluding hydrogens is 238 g/mol. The molecule has 5 nitrogen and oxygen atoms in total. The molecular formula is C11H14ClN5. The summed E-state index contributed by atoms with van der Waals surface area (Å²) in [6, 6.07) is 0. The van der Waals surface area contributed by atoms with Crippen LogP contribution in [0.3, 0.4) is 0 Å². The highest BCUT2D eigenvalue weighted by Crippen LogP contribution is 2.09. The first-order valence-electron chi connectivity index (χ1n) is 5.40. The first-order valence-corrected chi connectivity index (χ1v) is 5.78. The molecule has 0 bridgehead atoms. The number of rotatable bonds is 5. The Morgan fingerprint density at radius 3 is 2.76 bits per heavy atom. The van der Waals surface area contributed by atoms with E-state index in [-0.39, 0.29) is 0 Å². The smallest absolute Gasteiger partial charge is 0.225 e. The van der Waals surface area contributed by atoms with Gasteiger partial charge in [0.15, 0.2) is 0 Å². The lowest BCUT2D eigenvalue weighted by molar-refractivity contribution is 0.633. The van der Waals surface area contributed by atoms with Gasteiger partial charge >= 0.3 is 0 Å². The van der Waals surface area contributed by atoms with E-state index in [9.17, 15) is 0 Å². The summed E-state index contributed by atoms with van der Waals surface area (Å²) in [6.07, 6.45) is 9.79. The van der Waals surface area contributed by atoms with Crippen LogP contribution in [-0.4, -0.2) is 33.1 Å². The normalized spacial score (nSPS) is 10.5. The molecule has 0 saturated carbocycles. The molecule has 0 atom stereocenters. The van der Waals surface area contributed by atoms with E-state index >= 15 is 0 Å². The van der Waals surface area contributed by atoms with E-state index in [0.29, 0.717) is 11.0 Å². The van der Waals surface area contributed by atoms with E-state index in [2.05, 4.69) is 19.5 Å². The lowest BCUT2D eigenvalue weighted by atomic mass is 10.4. The Balaban J connectivity index is 1.81. The Morgan fingerprint density at radius 2 is 2.12 bits per heavy atom. The van der Waals surface area contributed by atoms with E-state index in [4.69, 9.17) is 11.6 Å². The van der Waals surface area contributed by atoms with Gasteiger partial charge < -0.3 is 9.47 Å². The first-order chi connectivity index (χ1) is 8.25. The van der Waals surface area contributed by atoms with Crippen LogP contribution >= 0.6 is 11.6 Å². The molecule has 2 rings (SSSR count). The third-order valence-corrected chi connectivity index (χ3v) is 2.61. The number of hydrogen-bond donors (Lipinski definition) is 0. The number of imidazole rings is 1. The van der Waals surface area contributed by atoms with E-state index in [0.717, 1.165) is 19.5 Å². The van der Waals surface area contributed by atoms with Crippen molar-refractivity contribution in [2.45, 2.75) is 13.0 Å². The van der Waals surface area contributed by atoms with E-state index in [1.165, 1.54) is 0 Å². The van der Waals surface area contributed by atoms with Crippen LogP contribution in [-0.2, 0) is 6.54 Å². The number of hydrogen-bond acceptors (Lipinski definition) is 4. The molecule has 0 N–H and O–H groups in total. The van der Waals surface area contributed by atoms with E-state index in [1.807, 2.05) is 24.5 Å². The fraction of sp³-hybridized carbons (Fsp3) is 0.364. The molecule has 2 aromatic rings. The summed E-state index contributed by atoms with van der Waals surface area (Å²) >= 11 is 5.73. The van der Waals surface area contributed by atoms with Gasteiger partial charge in [-0.25, -0.2) is 15.0 Å². The Morgan fingerprint density at radius 1 is 1.35 bits per heavy atom. The lowest BCUT2D eigenvalue weighted by Crippen LogP contribution is -2.21. The molecule has 90 valence electrons. The SMILES string of the molecule is CN(CCCn1ccnc1)c1ncc(Cl)cn1.